The number of guanidine groups is 1. The van der Waals surface area contributed by atoms with Crippen LogP contribution in [-0.2, 0) is 32.7 Å². The van der Waals surface area contributed by atoms with E-state index in [1.54, 1.807) is 39.7 Å². The minimum Gasteiger partial charge on any atom is -0.784 e. The predicted octanol–water partition coefficient (Wildman–Crippen LogP) is 7.98. The zero-order valence-electron chi connectivity index (χ0n) is 67.2. The average molecular weight is 1630 g/mol. The summed E-state index contributed by atoms with van der Waals surface area (Å²) in [6.07, 6.45) is 5.84. The van der Waals surface area contributed by atoms with E-state index in [2.05, 4.69) is 68.6 Å². The van der Waals surface area contributed by atoms with Crippen LogP contribution in [-0.4, -0.2) is 166 Å². The van der Waals surface area contributed by atoms with Gasteiger partial charge in [-0.05, 0) is 222 Å². The molecule has 37 heteroatoms. The fraction of sp³-hybridized carbons (Fsp3) is 0.493. The molecule has 3 heterocycles. The van der Waals surface area contributed by atoms with Gasteiger partial charge in [0.05, 0.1) is 58.9 Å². The van der Waals surface area contributed by atoms with E-state index in [1.165, 1.54) is 112 Å². The Morgan fingerprint density at radius 3 is 1.20 bits per heavy atom. The summed E-state index contributed by atoms with van der Waals surface area (Å²) in [6, 6.07) is 40.0. The van der Waals surface area contributed by atoms with Crippen molar-refractivity contribution in [2.45, 2.75) is 215 Å². The van der Waals surface area contributed by atoms with E-state index in [-0.39, 0.29) is 161 Å². The second-order valence-electron chi connectivity index (χ2n) is 29.8. The molecule has 0 bridgehead atoms. The first-order chi connectivity index (χ1) is 49.4. The fourth-order valence-corrected chi connectivity index (χ4v) is 12.1. The second kappa shape index (κ2) is 46.1. The second-order valence-corrected chi connectivity index (χ2v) is 31.2. The maximum atomic E-state index is 10.5. The van der Waals surface area contributed by atoms with Gasteiger partial charge in [0.25, 0.3) is 17.4 Å². The number of hydroxylamine groups is 11. The summed E-state index contributed by atoms with van der Waals surface area (Å²) < 4.78 is 54.2. The molecule has 0 amide bonds. The van der Waals surface area contributed by atoms with Gasteiger partial charge < -0.3 is 40.2 Å². The van der Waals surface area contributed by atoms with Crippen molar-refractivity contribution >= 4 is 73.3 Å². The topological polar surface area (TPSA) is 486 Å². The molecule has 2 fully saturated rings. The summed E-state index contributed by atoms with van der Waals surface area (Å²) in [5, 5.41) is 114. The largest absolute Gasteiger partial charge is 1.00 e. The Hall–Kier alpha value is -5.56. The third-order valence-corrected chi connectivity index (χ3v) is 18.2. The molecule has 1 saturated carbocycles. The Morgan fingerprint density at radius 1 is 0.645 bits per heavy atom. The van der Waals surface area contributed by atoms with Crippen LogP contribution in [0.1, 0.15) is 183 Å². The molecule has 11 N–H and O–H groups in total. The van der Waals surface area contributed by atoms with Crippen molar-refractivity contribution < 1.29 is 187 Å². The Kier molecular flexibility index (Phi) is 44.6. The van der Waals surface area contributed by atoms with E-state index in [9.17, 15) is 56.7 Å². The number of nitrogens with zero attached hydrogens (tertiary/aromatic N) is 12. The molecule has 33 nitrogen and oxygen atoms in total. The minimum absolute atomic E-state index is 0. The molecule has 4 aliphatic rings. The van der Waals surface area contributed by atoms with Crippen molar-refractivity contribution in [1.82, 2.24) is 25.3 Å². The Labute approximate surface area is 735 Å². The van der Waals surface area contributed by atoms with Crippen molar-refractivity contribution in [1.29, 1.82) is 5.41 Å². The number of fused-ring (bicyclic) bond motifs is 2. The molecule has 110 heavy (non-hydrogen) atoms. The Bertz CT molecular complexity index is 3910. The molecule has 600 valence electrons. The van der Waals surface area contributed by atoms with Crippen LogP contribution in [0.25, 0.3) is 0 Å². The predicted molar refractivity (Wildman–Crippen MR) is 410 cm³/mol. The number of rotatable bonds is 10. The summed E-state index contributed by atoms with van der Waals surface area (Å²) in [4.78, 5) is 32.2. The number of nitrogens with one attached hydrogen (secondary N) is 1. The molecule has 0 spiro atoms. The van der Waals surface area contributed by atoms with Crippen LogP contribution in [0.2, 0.25) is 0 Å². The average Bonchev–Trinajstić information content (AvgIpc) is 1.59. The van der Waals surface area contributed by atoms with Gasteiger partial charge in [-0.1, -0.05) is 86.3 Å². The zero-order chi connectivity index (χ0) is 83.7. The van der Waals surface area contributed by atoms with Crippen LogP contribution < -0.4 is 119 Å². The van der Waals surface area contributed by atoms with Crippen molar-refractivity contribution in [3.05, 3.63) is 170 Å². The van der Waals surface area contributed by atoms with Gasteiger partial charge in [-0.2, -0.15) is 25.2 Å². The first-order valence-electron chi connectivity index (χ1n) is 33.8. The van der Waals surface area contributed by atoms with Gasteiger partial charge in [0, 0.05) is 61.3 Å². The summed E-state index contributed by atoms with van der Waals surface area (Å²) in [5.74, 6) is 9.06. The van der Waals surface area contributed by atoms with Gasteiger partial charge in [0.15, 0.2) is 0 Å². The van der Waals surface area contributed by atoms with Gasteiger partial charge in [0.1, 0.15) is 16.9 Å². The molecule has 0 radical (unpaired) electrons. The number of nitroso groups, excluding NO2 is 1. The maximum absolute atomic E-state index is 10.5. The number of para-hydroxylation sites is 2. The van der Waals surface area contributed by atoms with Gasteiger partial charge in [-0.25, -0.2) is 23.6 Å². The number of amidine groups is 1. The van der Waals surface area contributed by atoms with Crippen molar-refractivity contribution in [3.63, 3.8) is 0 Å². The molecular formula is C73H110K2N14O19S2. The molecule has 1 aliphatic carbocycles. The third-order valence-electron chi connectivity index (χ3n) is 18.0. The zero-order valence-corrected chi connectivity index (χ0v) is 75.1. The van der Waals surface area contributed by atoms with Crippen LogP contribution in [0.15, 0.2) is 143 Å². The molecule has 2 atom stereocenters. The van der Waals surface area contributed by atoms with E-state index in [0.717, 1.165) is 31.3 Å². The smallest absolute Gasteiger partial charge is 0.784 e. The molecule has 3 aliphatic heterocycles. The van der Waals surface area contributed by atoms with Crippen molar-refractivity contribution in [3.8, 4) is 23.8 Å². The van der Waals surface area contributed by atoms with Crippen LogP contribution in [0.5, 0.6) is 0 Å². The number of nitro groups is 2. The van der Waals surface area contributed by atoms with Crippen molar-refractivity contribution in [2.24, 2.45) is 27.1 Å². The number of non-ortho nitro benzene ring substituents is 2. The van der Waals surface area contributed by atoms with Crippen LogP contribution in [0.4, 0.5) is 34.1 Å². The maximum Gasteiger partial charge on any atom is 1.00 e. The number of benzene rings is 5. The van der Waals surface area contributed by atoms with E-state index < -0.39 is 42.6 Å². The van der Waals surface area contributed by atoms with Gasteiger partial charge >= 0.3 is 103 Å². The normalized spacial score (nSPS) is 17.4. The molecule has 9 rings (SSSR count). The summed E-state index contributed by atoms with van der Waals surface area (Å²) >= 11 is -3.11. The van der Waals surface area contributed by atoms with Gasteiger partial charge in [0.2, 0.25) is 22.0 Å². The van der Waals surface area contributed by atoms with E-state index in [4.69, 9.17) is 47.5 Å². The molecule has 1 saturated heterocycles. The van der Waals surface area contributed by atoms with Crippen LogP contribution in [0.3, 0.4) is 0 Å². The van der Waals surface area contributed by atoms with E-state index in [1.807, 2.05) is 149 Å². The van der Waals surface area contributed by atoms with Gasteiger partial charge in [-0.15, -0.1) is 16.3 Å². The molecule has 5 aromatic carbocycles. The van der Waals surface area contributed by atoms with Crippen LogP contribution in [0, 0.1) is 66.2 Å². The van der Waals surface area contributed by atoms with Crippen LogP contribution >= 0.6 is 0 Å². The molecule has 2 unspecified atom stereocenters. The monoisotopic (exact) mass is 1630 g/mol. The standard InChI is InChI=1S/C12H9N3O5.C12H19N2O2.C12H23NO.C12H17NO.C12H11NO.C8H19NO.C5H10N4O.2K.HNO4S.H2O3S.H2/c16-13(9-1-5-11(6-2-9)14(17)18)10-3-7-12(8-4-10)15(19)20;1-6-8-9-10-14(16)11(7-2)12(3,4)13(5)15;2*1-11(2)9-7-5-6-8-10(9)12(3,4)13(11)14;14-13(11-7-3-1-4-8-11)12-9-5-2-6-10-12;1-7(2,3)9(10)8(4,5)6;1-5(2)3(6)8-4(7)9(5)10;;;2-1-6(3,4)5;1-4(2)3;/h1-8,16H;15-16H,7H2,1-5H3;9-10,14H,5-8H2,1-4H3;5-8,14H,1-4H3;1-10,14H;10H,1-6H3;10H,1-2H3,(H3,6,7,8);;;(H,3,4,5);(H2,1,2,3);1H/q;+1;;;;;;2*+1;;;/p-3/b;14-11-;;;;;;;;;;. The number of hydrogen-bond donors (Lipinski definition) is 10. The minimum atomic E-state index is -4.84. The molecular weight excluding hydrogens is 1520 g/mol. The summed E-state index contributed by atoms with van der Waals surface area (Å²) in [7, 11) is -3.31. The SMILES string of the molecule is CC#CC#C/[N+](O)=C(\CC)C(C)(C)N(C)O.CC(C)(C)N(O)C(C)(C)C.CC1(C)C(N)=NC(=N)N1O.CC1(C)C2CCCCC2C(C)(C)N1O.CC1(C)c2ccccc2C(C)(C)N1O.O=NS(=O)(=O)[O-].O=S([O-])[O-].O=[N+]([O-])c1ccc(N(O)c2ccc([N+](=O)[O-])cc2)cc1.ON(c1ccccc1)c1ccccc1.[HH].[K+].[K+]. The molecule has 0 aromatic heterocycles. The summed E-state index contributed by atoms with van der Waals surface area (Å²) in [5.41, 5.74) is 8.00. The Morgan fingerprint density at radius 2 is 0.964 bits per heavy atom. The quantitative estimate of drug-likeness (QED) is 0.00541. The number of aliphatic imine (C=N–C) groups is 1. The Balaban J connectivity index is -0.00000121. The number of hydrogen-bond acceptors (Lipinski definition) is 27. The summed E-state index contributed by atoms with van der Waals surface area (Å²) in [6.45, 7) is 39.3. The number of nitrogens with two attached hydrogens (primary N) is 1. The first kappa shape index (κ1) is 106. The van der Waals surface area contributed by atoms with Gasteiger partial charge in [-0.3, -0.25) is 50.7 Å². The molecule has 5 aromatic rings. The fourth-order valence-electron chi connectivity index (χ4n) is 12.1. The third kappa shape index (κ3) is 31.7. The number of nitro benzene ring substituents is 2. The number of anilines is 4. The van der Waals surface area contributed by atoms with Crippen molar-refractivity contribution in [2.75, 3.05) is 17.2 Å². The van der Waals surface area contributed by atoms with E-state index >= 15 is 0 Å². The van der Waals surface area contributed by atoms with E-state index in [0.29, 0.717) is 35.3 Å². The first-order valence-corrected chi connectivity index (χ1v) is 36.1.